The molecule has 1 aromatic carbocycles. The van der Waals surface area contributed by atoms with Gasteiger partial charge in [0.05, 0.1) is 5.56 Å². The maximum atomic E-state index is 11.7. The minimum Gasteiger partial charge on any atom is -0.507 e. The zero-order chi connectivity index (χ0) is 11.5. The fourth-order valence-electron chi connectivity index (χ4n) is 2.26. The second kappa shape index (κ2) is 4.66. The molecule has 16 heavy (non-hydrogen) atoms. The molecule has 0 saturated heterocycles. The number of phenols is 1. The molecule has 86 valence electrons. The van der Waals surface area contributed by atoms with Gasteiger partial charge in [-0.1, -0.05) is 0 Å². The lowest BCUT2D eigenvalue weighted by atomic mass is 9.89. The van der Waals surface area contributed by atoms with Crippen molar-refractivity contribution in [2.45, 2.75) is 32.1 Å². The normalized spacial score (nSPS) is 14.6. The summed E-state index contributed by atoms with van der Waals surface area (Å²) in [4.78, 5) is 11.7. The van der Waals surface area contributed by atoms with Crippen molar-refractivity contribution < 1.29 is 9.90 Å². The van der Waals surface area contributed by atoms with Crippen LogP contribution in [0.2, 0.25) is 0 Å². The van der Waals surface area contributed by atoms with Crippen LogP contribution in [-0.4, -0.2) is 17.4 Å². The summed E-state index contributed by atoms with van der Waals surface area (Å²) in [7, 11) is 0. The number of aryl methyl sites for hydroxylation is 2. The number of rotatable bonds is 3. The first-order valence-electron chi connectivity index (χ1n) is 5.80. The average molecular weight is 219 g/mol. The predicted octanol–water partition coefficient (Wildman–Crippen LogP) is 1.80. The molecule has 0 heterocycles. The fourth-order valence-corrected chi connectivity index (χ4v) is 2.26. The van der Waals surface area contributed by atoms with E-state index in [2.05, 4.69) is 0 Å². The Kier molecular flexibility index (Phi) is 3.25. The van der Waals surface area contributed by atoms with E-state index < -0.39 is 0 Å². The third-order valence-corrected chi connectivity index (χ3v) is 3.13. The van der Waals surface area contributed by atoms with Crippen LogP contribution in [0, 0.1) is 0 Å². The van der Waals surface area contributed by atoms with Crippen LogP contribution in [0.15, 0.2) is 12.1 Å². The van der Waals surface area contributed by atoms with E-state index in [1.165, 1.54) is 24.0 Å². The summed E-state index contributed by atoms with van der Waals surface area (Å²) < 4.78 is 0. The van der Waals surface area contributed by atoms with Gasteiger partial charge >= 0.3 is 0 Å². The molecular formula is C13H17NO2. The van der Waals surface area contributed by atoms with Crippen molar-refractivity contribution in [2.75, 3.05) is 6.54 Å². The Hall–Kier alpha value is -1.35. The van der Waals surface area contributed by atoms with Gasteiger partial charge in [-0.3, -0.25) is 4.79 Å². The van der Waals surface area contributed by atoms with Crippen molar-refractivity contribution in [3.05, 3.63) is 28.8 Å². The minimum atomic E-state index is -0.0617. The standard InChI is InChI=1S/C13H17NO2/c14-6-5-12(15)11-7-9-3-1-2-4-10(9)8-13(11)16/h7-8,16H,1-6,14H2. The van der Waals surface area contributed by atoms with Crippen LogP contribution in [0.1, 0.15) is 40.7 Å². The molecule has 0 aliphatic heterocycles. The molecule has 1 aliphatic rings. The summed E-state index contributed by atoms with van der Waals surface area (Å²) in [6, 6.07) is 3.60. The molecule has 0 spiro atoms. The van der Waals surface area contributed by atoms with Gasteiger partial charge < -0.3 is 10.8 Å². The van der Waals surface area contributed by atoms with Crippen LogP contribution >= 0.6 is 0 Å². The molecule has 0 unspecified atom stereocenters. The summed E-state index contributed by atoms with van der Waals surface area (Å²) in [6.45, 7) is 0.329. The molecule has 3 heteroatoms. The first-order valence-corrected chi connectivity index (χ1v) is 5.80. The van der Waals surface area contributed by atoms with Crippen molar-refractivity contribution >= 4 is 5.78 Å². The molecule has 3 nitrogen and oxygen atoms in total. The van der Waals surface area contributed by atoms with Crippen LogP contribution in [0.5, 0.6) is 5.75 Å². The third kappa shape index (κ3) is 2.09. The Morgan fingerprint density at radius 3 is 2.50 bits per heavy atom. The largest absolute Gasteiger partial charge is 0.507 e. The SMILES string of the molecule is NCCC(=O)c1cc2c(cc1O)CCCC2. The number of carbonyl (C=O) groups is 1. The first-order chi connectivity index (χ1) is 7.72. The van der Waals surface area contributed by atoms with Crippen LogP contribution in [0.3, 0.4) is 0 Å². The fraction of sp³-hybridized carbons (Fsp3) is 0.462. The zero-order valence-electron chi connectivity index (χ0n) is 9.33. The smallest absolute Gasteiger partial charge is 0.167 e. The predicted molar refractivity (Wildman–Crippen MR) is 62.8 cm³/mol. The van der Waals surface area contributed by atoms with Crippen molar-refractivity contribution in [3.63, 3.8) is 0 Å². The molecule has 0 amide bonds. The molecule has 3 N–H and O–H groups in total. The summed E-state index contributed by atoms with van der Waals surface area (Å²) in [5, 5.41) is 9.80. The number of nitrogens with two attached hydrogens (primary N) is 1. The van der Waals surface area contributed by atoms with E-state index in [0.717, 1.165) is 12.8 Å². The van der Waals surface area contributed by atoms with Gasteiger partial charge in [0.2, 0.25) is 0 Å². The number of carbonyl (C=O) groups excluding carboxylic acids is 1. The van der Waals surface area contributed by atoms with E-state index >= 15 is 0 Å². The lowest BCUT2D eigenvalue weighted by Gasteiger charge is -2.17. The van der Waals surface area contributed by atoms with Gasteiger partial charge in [-0.25, -0.2) is 0 Å². The second-order valence-electron chi connectivity index (χ2n) is 4.31. The number of hydrogen-bond donors (Lipinski definition) is 2. The van der Waals surface area contributed by atoms with Crippen LogP contribution in [0.25, 0.3) is 0 Å². The lowest BCUT2D eigenvalue weighted by molar-refractivity contribution is 0.0982. The Balaban J connectivity index is 2.35. The second-order valence-corrected chi connectivity index (χ2v) is 4.31. The van der Waals surface area contributed by atoms with Crippen molar-refractivity contribution in [3.8, 4) is 5.75 Å². The van der Waals surface area contributed by atoms with E-state index in [9.17, 15) is 9.90 Å². The Morgan fingerprint density at radius 1 is 1.25 bits per heavy atom. The maximum Gasteiger partial charge on any atom is 0.167 e. The molecule has 1 aliphatic carbocycles. The summed E-state index contributed by atoms with van der Waals surface area (Å²) in [5.41, 5.74) is 8.19. The van der Waals surface area contributed by atoms with Crippen LogP contribution in [-0.2, 0) is 12.8 Å². The highest BCUT2D eigenvalue weighted by molar-refractivity contribution is 5.99. The molecule has 0 bridgehead atoms. The third-order valence-electron chi connectivity index (χ3n) is 3.13. The Labute approximate surface area is 95.3 Å². The summed E-state index contributed by atoms with van der Waals surface area (Å²) in [5.74, 6) is 0.0486. The van der Waals surface area contributed by atoms with Gasteiger partial charge in [0.1, 0.15) is 5.75 Å². The maximum absolute atomic E-state index is 11.7. The number of fused-ring (bicyclic) bond motifs is 1. The van der Waals surface area contributed by atoms with Gasteiger partial charge in [0, 0.05) is 6.42 Å². The molecule has 0 radical (unpaired) electrons. The van der Waals surface area contributed by atoms with Crippen molar-refractivity contribution in [2.24, 2.45) is 5.73 Å². The van der Waals surface area contributed by atoms with Crippen molar-refractivity contribution in [1.29, 1.82) is 0 Å². The molecule has 1 aromatic rings. The van der Waals surface area contributed by atoms with Crippen LogP contribution < -0.4 is 5.73 Å². The molecule has 0 aromatic heterocycles. The quantitative estimate of drug-likeness (QED) is 0.762. The van der Waals surface area contributed by atoms with Gasteiger partial charge in [0.15, 0.2) is 5.78 Å². The molecule has 0 saturated carbocycles. The van der Waals surface area contributed by atoms with Crippen molar-refractivity contribution in [1.82, 2.24) is 0 Å². The summed E-state index contributed by atoms with van der Waals surface area (Å²) in [6.07, 6.45) is 4.66. The highest BCUT2D eigenvalue weighted by atomic mass is 16.3. The van der Waals surface area contributed by atoms with E-state index in [1.807, 2.05) is 6.07 Å². The Morgan fingerprint density at radius 2 is 1.88 bits per heavy atom. The number of Topliss-reactive ketones (excluding diaryl/α,β-unsaturated/α-hetero) is 1. The molecule has 0 atom stereocenters. The molecule has 0 fully saturated rings. The van der Waals surface area contributed by atoms with Gasteiger partial charge in [-0.15, -0.1) is 0 Å². The van der Waals surface area contributed by atoms with Gasteiger partial charge in [-0.05, 0) is 55.5 Å². The Bertz CT molecular complexity index is 413. The highest BCUT2D eigenvalue weighted by Gasteiger charge is 2.16. The number of aromatic hydroxyl groups is 1. The monoisotopic (exact) mass is 219 g/mol. The number of phenolic OH excluding ortho intramolecular Hbond substituents is 1. The number of hydrogen-bond acceptors (Lipinski definition) is 3. The summed E-state index contributed by atoms with van der Waals surface area (Å²) >= 11 is 0. The van der Waals surface area contributed by atoms with E-state index in [1.54, 1.807) is 6.07 Å². The zero-order valence-corrected chi connectivity index (χ0v) is 9.33. The van der Waals surface area contributed by atoms with E-state index in [-0.39, 0.29) is 11.5 Å². The lowest BCUT2D eigenvalue weighted by Crippen LogP contribution is -2.10. The van der Waals surface area contributed by atoms with E-state index in [0.29, 0.717) is 18.5 Å². The van der Waals surface area contributed by atoms with Gasteiger partial charge in [-0.2, -0.15) is 0 Å². The van der Waals surface area contributed by atoms with Crippen LogP contribution in [0.4, 0.5) is 0 Å². The first kappa shape index (κ1) is 11.1. The average Bonchev–Trinajstić information content (AvgIpc) is 2.28. The van der Waals surface area contributed by atoms with E-state index in [4.69, 9.17) is 5.73 Å². The van der Waals surface area contributed by atoms with Gasteiger partial charge in [0.25, 0.3) is 0 Å². The highest BCUT2D eigenvalue weighted by Crippen LogP contribution is 2.29. The molecular weight excluding hydrogens is 202 g/mol. The number of benzene rings is 1. The minimum absolute atomic E-state index is 0.0617. The topological polar surface area (TPSA) is 63.3 Å². The molecule has 2 rings (SSSR count). The number of ketones is 1.